The van der Waals surface area contributed by atoms with Crippen LogP contribution >= 0.6 is 11.6 Å². The third-order valence-electron chi connectivity index (χ3n) is 2.86. The van der Waals surface area contributed by atoms with Crippen LogP contribution in [-0.4, -0.2) is 12.1 Å². The van der Waals surface area contributed by atoms with Gasteiger partial charge in [-0.25, -0.2) is 0 Å². The van der Waals surface area contributed by atoms with E-state index >= 15 is 0 Å². The summed E-state index contributed by atoms with van der Waals surface area (Å²) in [7, 11) is 1.62. The molecule has 1 aromatic heterocycles. The van der Waals surface area contributed by atoms with Crippen LogP contribution in [-0.2, 0) is 12.5 Å². The smallest absolute Gasteiger partial charge is 0.161 e. The zero-order valence-corrected chi connectivity index (χ0v) is 11.8. The number of aromatic nitrogens is 1. The third kappa shape index (κ3) is 3.38. The zero-order valence-electron chi connectivity index (χ0n) is 11.0. The van der Waals surface area contributed by atoms with Crippen molar-refractivity contribution in [1.82, 2.24) is 4.98 Å². The Kier molecular flexibility index (Phi) is 4.63. The normalized spacial score (nSPS) is 10.3. The molecule has 0 radical (unpaired) electrons. The first-order valence-corrected chi connectivity index (χ1v) is 6.54. The predicted molar refractivity (Wildman–Crippen MR) is 75.9 cm³/mol. The Morgan fingerprint density at radius 2 is 2.05 bits per heavy atom. The largest absolute Gasteiger partial charge is 0.493 e. The van der Waals surface area contributed by atoms with Gasteiger partial charge in [0.1, 0.15) is 6.61 Å². The van der Waals surface area contributed by atoms with Gasteiger partial charge in [-0.3, -0.25) is 4.98 Å². The molecule has 0 unspecified atom stereocenters. The van der Waals surface area contributed by atoms with Crippen molar-refractivity contribution in [2.24, 2.45) is 0 Å². The van der Waals surface area contributed by atoms with Gasteiger partial charge in [-0.15, -0.1) is 11.6 Å². The number of rotatable bonds is 5. The number of methoxy groups -OCH3 is 1. The van der Waals surface area contributed by atoms with Gasteiger partial charge in [0.25, 0.3) is 0 Å². The maximum absolute atomic E-state index is 5.80. The van der Waals surface area contributed by atoms with E-state index < -0.39 is 0 Å². The summed E-state index contributed by atoms with van der Waals surface area (Å²) in [4.78, 5) is 4.30. The molecule has 19 heavy (non-hydrogen) atoms. The highest BCUT2D eigenvalue weighted by atomic mass is 35.5. The molecule has 3 nitrogen and oxygen atoms in total. The highest BCUT2D eigenvalue weighted by Gasteiger charge is 2.07. The highest BCUT2D eigenvalue weighted by Crippen LogP contribution is 2.29. The van der Waals surface area contributed by atoms with Crippen LogP contribution in [0.3, 0.4) is 0 Å². The molecule has 1 heterocycles. The van der Waals surface area contributed by atoms with E-state index in [0.717, 1.165) is 16.8 Å². The molecule has 1 aromatic carbocycles. The minimum Gasteiger partial charge on any atom is -0.493 e. The summed E-state index contributed by atoms with van der Waals surface area (Å²) in [6.45, 7) is 2.43. The number of pyridine rings is 1. The topological polar surface area (TPSA) is 31.4 Å². The maximum atomic E-state index is 5.80. The Labute approximate surface area is 118 Å². The number of aryl methyl sites for hydroxylation is 1. The second-order valence-corrected chi connectivity index (χ2v) is 4.44. The van der Waals surface area contributed by atoms with Gasteiger partial charge in [0.2, 0.25) is 0 Å². The lowest BCUT2D eigenvalue weighted by Crippen LogP contribution is -2.02. The third-order valence-corrected chi connectivity index (χ3v) is 3.17. The van der Waals surface area contributed by atoms with Crippen molar-refractivity contribution < 1.29 is 9.47 Å². The fraction of sp³-hybridized carbons (Fsp3) is 0.267. The summed E-state index contributed by atoms with van der Waals surface area (Å²) in [5.41, 5.74) is 3.03. The number of nitrogens with zero attached hydrogens (tertiary/aromatic N) is 1. The fourth-order valence-corrected chi connectivity index (χ4v) is 1.90. The highest BCUT2D eigenvalue weighted by molar-refractivity contribution is 6.17. The lowest BCUT2D eigenvalue weighted by Gasteiger charge is -2.12. The Bertz CT molecular complexity index is 558. The Morgan fingerprint density at radius 3 is 2.74 bits per heavy atom. The second-order valence-electron chi connectivity index (χ2n) is 4.17. The zero-order chi connectivity index (χ0) is 13.7. The lowest BCUT2D eigenvalue weighted by molar-refractivity contribution is 0.280. The maximum Gasteiger partial charge on any atom is 0.161 e. The average molecular weight is 278 g/mol. The quantitative estimate of drug-likeness (QED) is 0.781. The number of halogens is 1. The van der Waals surface area contributed by atoms with E-state index in [0.29, 0.717) is 24.0 Å². The molecule has 2 aromatic rings. The van der Waals surface area contributed by atoms with E-state index in [4.69, 9.17) is 21.1 Å². The van der Waals surface area contributed by atoms with Gasteiger partial charge >= 0.3 is 0 Å². The van der Waals surface area contributed by atoms with Crippen LogP contribution in [0.15, 0.2) is 36.5 Å². The summed E-state index contributed by atoms with van der Waals surface area (Å²) in [6.07, 6.45) is 1.76. The summed E-state index contributed by atoms with van der Waals surface area (Å²) in [6, 6.07) is 9.60. The monoisotopic (exact) mass is 277 g/mol. The van der Waals surface area contributed by atoms with E-state index in [1.54, 1.807) is 13.3 Å². The number of hydrogen-bond acceptors (Lipinski definition) is 3. The Hall–Kier alpha value is -1.74. The summed E-state index contributed by atoms with van der Waals surface area (Å²) < 4.78 is 11.1. The van der Waals surface area contributed by atoms with Crippen LogP contribution in [0.2, 0.25) is 0 Å². The van der Waals surface area contributed by atoms with Crippen molar-refractivity contribution >= 4 is 11.6 Å². The van der Waals surface area contributed by atoms with Crippen molar-refractivity contribution in [3.63, 3.8) is 0 Å². The molecule has 0 aliphatic rings. The lowest BCUT2D eigenvalue weighted by atomic mass is 10.2. The first kappa shape index (κ1) is 13.7. The molecule has 0 bridgehead atoms. The van der Waals surface area contributed by atoms with Crippen LogP contribution in [0.25, 0.3) is 0 Å². The number of ether oxygens (including phenoxy) is 2. The molecular weight excluding hydrogens is 262 g/mol. The van der Waals surface area contributed by atoms with Gasteiger partial charge < -0.3 is 9.47 Å². The molecule has 0 N–H and O–H groups in total. The summed E-state index contributed by atoms with van der Waals surface area (Å²) >= 11 is 5.80. The van der Waals surface area contributed by atoms with Gasteiger partial charge in [0.05, 0.1) is 12.8 Å². The fourth-order valence-electron chi connectivity index (χ4n) is 1.73. The van der Waals surface area contributed by atoms with Gasteiger partial charge in [-0.05, 0) is 36.2 Å². The summed E-state index contributed by atoms with van der Waals surface area (Å²) in [5, 5.41) is 0. The van der Waals surface area contributed by atoms with Crippen molar-refractivity contribution in [3.05, 3.63) is 53.3 Å². The molecule has 100 valence electrons. The molecule has 0 saturated heterocycles. The van der Waals surface area contributed by atoms with E-state index in [2.05, 4.69) is 4.98 Å². The van der Waals surface area contributed by atoms with Crippen molar-refractivity contribution in [3.8, 4) is 11.5 Å². The van der Waals surface area contributed by atoms with Crippen LogP contribution in [0.5, 0.6) is 11.5 Å². The minimum absolute atomic E-state index is 0.420. The first-order valence-electron chi connectivity index (χ1n) is 6.00. The van der Waals surface area contributed by atoms with Crippen LogP contribution in [0.1, 0.15) is 16.8 Å². The number of hydrogen-bond donors (Lipinski definition) is 0. The SMILES string of the molecule is COc1cc(CCl)ccc1OCc1ncccc1C. The molecule has 0 aliphatic carbocycles. The van der Waals surface area contributed by atoms with E-state index in [1.807, 2.05) is 37.3 Å². The van der Waals surface area contributed by atoms with Crippen LogP contribution < -0.4 is 9.47 Å². The molecule has 0 aliphatic heterocycles. The summed E-state index contributed by atoms with van der Waals surface area (Å²) in [5.74, 6) is 1.84. The molecule has 0 atom stereocenters. The second kappa shape index (κ2) is 6.43. The van der Waals surface area contributed by atoms with E-state index in [-0.39, 0.29) is 0 Å². The minimum atomic E-state index is 0.420. The van der Waals surface area contributed by atoms with Gasteiger partial charge in [0, 0.05) is 12.1 Å². The van der Waals surface area contributed by atoms with Gasteiger partial charge in [-0.2, -0.15) is 0 Å². The standard InChI is InChI=1S/C15H16ClNO2/c1-11-4-3-7-17-13(11)10-19-14-6-5-12(9-16)8-15(14)18-2/h3-8H,9-10H2,1-2H3. The molecule has 4 heteroatoms. The van der Waals surface area contributed by atoms with Crippen molar-refractivity contribution in [2.45, 2.75) is 19.4 Å². The van der Waals surface area contributed by atoms with Crippen LogP contribution in [0, 0.1) is 6.92 Å². The Balaban J connectivity index is 2.13. The molecule has 0 saturated carbocycles. The average Bonchev–Trinajstić information content (AvgIpc) is 2.46. The van der Waals surface area contributed by atoms with Gasteiger partial charge in [0.15, 0.2) is 11.5 Å². The van der Waals surface area contributed by atoms with Gasteiger partial charge in [-0.1, -0.05) is 12.1 Å². The van der Waals surface area contributed by atoms with E-state index in [1.165, 1.54) is 0 Å². The van der Waals surface area contributed by atoms with Crippen LogP contribution in [0.4, 0.5) is 0 Å². The Morgan fingerprint density at radius 1 is 1.21 bits per heavy atom. The van der Waals surface area contributed by atoms with Crippen molar-refractivity contribution in [2.75, 3.05) is 7.11 Å². The first-order chi connectivity index (χ1) is 9.24. The molecular formula is C15H16ClNO2. The van der Waals surface area contributed by atoms with E-state index in [9.17, 15) is 0 Å². The molecule has 0 fully saturated rings. The number of alkyl halides is 1. The number of benzene rings is 1. The predicted octanol–water partition coefficient (Wildman–Crippen LogP) is 3.72. The molecule has 0 spiro atoms. The van der Waals surface area contributed by atoms with Crippen molar-refractivity contribution in [1.29, 1.82) is 0 Å². The molecule has 2 rings (SSSR count). The molecule has 0 amide bonds.